The van der Waals surface area contributed by atoms with E-state index in [0.717, 1.165) is 31.2 Å². The van der Waals surface area contributed by atoms with Crippen LogP contribution in [0.2, 0.25) is 0 Å². The molecule has 1 aromatic rings. The van der Waals surface area contributed by atoms with Gasteiger partial charge in [0.2, 0.25) is 5.91 Å². The molecule has 0 aromatic heterocycles. The molecule has 1 aliphatic carbocycles. The van der Waals surface area contributed by atoms with Crippen molar-refractivity contribution in [1.82, 2.24) is 0 Å². The van der Waals surface area contributed by atoms with E-state index in [1.807, 2.05) is 12.2 Å². The molecule has 2 rings (SSSR count). The van der Waals surface area contributed by atoms with Crippen LogP contribution in [0.1, 0.15) is 19.3 Å². The van der Waals surface area contributed by atoms with E-state index in [4.69, 9.17) is 0 Å². The predicted octanol–water partition coefficient (Wildman–Crippen LogP) is 2.52. The Morgan fingerprint density at radius 2 is 2.20 bits per heavy atom. The molecule has 20 heavy (non-hydrogen) atoms. The lowest BCUT2D eigenvalue weighted by Gasteiger charge is -2.10. The standard InChI is InChI=1S/C14H16FNO3S/c1-20(18,19)11-6-7-12(15)13(9-11)16-14(17)8-10-4-2-3-5-10/h2,4,6-7,9-10H,3,5,8H2,1H3,(H,16,17). The summed E-state index contributed by atoms with van der Waals surface area (Å²) in [5.41, 5.74) is -0.0973. The van der Waals surface area contributed by atoms with Crippen LogP contribution >= 0.6 is 0 Å². The van der Waals surface area contributed by atoms with Gasteiger partial charge in [0.25, 0.3) is 0 Å². The third-order valence-electron chi connectivity index (χ3n) is 3.20. The number of hydrogen-bond acceptors (Lipinski definition) is 3. The maximum atomic E-state index is 13.6. The van der Waals surface area contributed by atoms with E-state index in [2.05, 4.69) is 5.32 Å². The number of nitrogens with one attached hydrogen (secondary N) is 1. The Morgan fingerprint density at radius 1 is 1.45 bits per heavy atom. The molecule has 1 amide bonds. The smallest absolute Gasteiger partial charge is 0.225 e. The first-order chi connectivity index (χ1) is 9.36. The summed E-state index contributed by atoms with van der Waals surface area (Å²) in [4.78, 5) is 11.8. The molecular weight excluding hydrogens is 281 g/mol. The van der Waals surface area contributed by atoms with Gasteiger partial charge in [0, 0.05) is 12.7 Å². The van der Waals surface area contributed by atoms with Crippen LogP contribution in [0.3, 0.4) is 0 Å². The molecule has 0 saturated carbocycles. The fourth-order valence-electron chi connectivity index (χ4n) is 2.14. The van der Waals surface area contributed by atoms with Crippen LogP contribution < -0.4 is 5.32 Å². The van der Waals surface area contributed by atoms with Gasteiger partial charge < -0.3 is 5.32 Å². The van der Waals surface area contributed by atoms with Gasteiger partial charge in [0.15, 0.2) is 9.84 Å². The minimum absolute atomic E-state index is 0.0186. The number of benzene rings is 1. The summed E-state index contributed by atoms with van der Waals surface area (Å²) in [6.45, 7) is 0. The van der Waals surface area contributed by atoms with Gasteiger partial charge in [0.05, 0.1) is 10.6 Å². The maximum absolute atomic E-state index is 13.6. The molecule has 1 N–H and O–H groups in total. The molecule has 6 heteroatoms. The highest BCUT2D eigenvalue weighted by atomic mass is 32.2. The van der Waals surface area contributed by atoms with E-state index in [1.165, 1.54) is 6.07 Å². The van der Waals surface area contributed by atoms with Crippen molar-refractivity contribution in [3.63, 3.8) is 0 Å². The van der Waals surface area contributed by atoms with Crippen molar-refractivity contribution >= 4 is 21.4 Å². The number of carbonyl (C=O) groups excluding carboxylic acids is 1. The number of allylic oxidation sites excluding steroid dienone is 2. The summed E-state index contributed by atoms with van der Waals surface area (Å²) >= 11 is 0. The van der Waals surface area contributed by atoms with Crippen LogP contribution in [0.4, 0.5) is 10.1 Å². The number of carbonyl (C=O) groups is 1. The Bertz CT molecular complexity index is 652. The largest absolute Gasteiger partial charge is 0.324 e. The molecule has 4 nitrogen and oxygen atoms in total. The van der Waals surface area contributed by atoms with Crippen LogP contribution in [0, 0.1) is 11.7 Å². The van der Waals surface area contributed by atoms with Gasteiger partial charge in [-0.25, -0.2) is 12.8 Å². The molecule has 1 atom stereocenters. The molecule has 0 aliphatic heterocycles. The molecule has 1 unspecified atom stereocenters. The van der Waals surface area contributed by atoms with Gasteiger partial charge in [-0.1, -0.05) is 12.2 Å². The first kappa shape index (κ1) is 14.7. The quantitative estimate of drug-likeness (QED) is 0.686. The molecular formula is C14H16FNO3S. The van der Waals surface area contributed by atoms with Gasteiger partial charge in [0.1, 0.15) is 5.82 Å². The van der Waals surface area contributed by atoms with Gasteiger partial charge >= 0.3 is 0 Å². The second-order valence-electron chi connectivity index (χ2n) is 4.93. The number of hydrogen-bond donors (Lipinski definition) is 1. The van der Waals surface area contributed by atoms with Crippen molar-refractivity contribution in [1.29, 1.82) is 0 Å². The van der Waals surface area contributed by atoms with Crippen LogP contribution in [0.5, 0.6) is 0 Å². The van der Waals surface area contributed by atoms with Crippen LogP contribution in [0.25, 0.3) is 0 Å². The molecule has 0 radical (unpaired) electrons. The highest BCUT2D eigenvalue weighted by Gasteiger charge is 2.16. The summed E-state index contributed by atoms with van der Waals surface area (Å²) in [5, 5.41) is 2.44. The van der Waals surface area contributed by atoms with E-state index in [1.54, 1.807) is 0 Å². The zero-order valence-corrected chi connectivity index (χ0v) is 11.9. The third kappa shape index (κ3) is 3.66. The minimum atomic E-state index is -3.43. The van der Waals surface area contributed by atoms with Crippen molar-refractivity contribution in [3.05, 3.63) is 36.2 Å². The zero-order valence-electron chi connectivity index (χ0n) is 11.1. The van der Waals surface area contributed by atoms with Crippen molar-refractivity contribution in [2.45, 2.75) is 24.2 Å². The lowest BCUT2D eigenvalue weighted by molar-refractivity contribution is -0.116. The van der Waals surface area contributed by atoms with E-state index in [9.17, 15) is 17.6 Å². The van der Waals surface area contributed by atoms with Crippen molar-refractivity contribution < 1.29 is 17.6 Å². The Balaban J connectivity index is 2.12. The fraction of sp³-hybridized carbons (Fsp3) is 0.357. The molecule has 0 fully saturated rings. The number of rotatable bonds is 4. The minimum Gasteiger partial charge on any atom is -0.324 e. The number of anilines is 1. The van der Waals surface area contributed by atoms with Gasteiger partial charge in [-0.2, -0.15) is 0 Å². The summed E-state index contributed by atoms with van der Waals surface area (Å²) in [6, 6.07) is 3.37. The average Bonchev–Trinajstić information content (AvgIpc) is 2.83. The number of halogens is 1. The molecule has 0 saturated heterocycles. The van der Waals surface area contributed by atoms with E-state index < -0.39 is 15.7 Å². The zero-order chi connectivity index (χ0) is 14.8. The lowest BCUT2D eigenvalue weighted by Crippen LogP contribution is -2.16. The monoisotopic (exact) mass is 297 g/mol. The maximum Gasteiger partial charge on any atom is 0.225 e. The SMILES string of the molecule is CS(=O)(=O)c1ccc(F)c(NC(=O)CC2C=CCC2)c1. The Labute approximate surface area is 117 Å². The lowest BCUT2D eigenvalue weighted by atomic mass is 10.1. The van der Waals surface area contributed by atoms with Gasteiger partial charge in [-0.15, -0.1) is 0 Å². The summed E-state index contributed by atoms with van der Waals surface area (Å²) in [7, 11) is -3.43. The molecule has 0 heterocycles. The van der Waals surface area contributed by atoms with Crippen molar-refractivity contribution in [2.24, 2.45) is 5.92 Å². The summed E-state index contributed by atoms with van der Waals surface area (Å²) in [6.07, 6.45) is 7.18. The third-order valence-corrected chi connectivity index (χ3v) is 4.31. The first-order valence-electron chi connectivity index (χ1n) is 6.32. The number of amides is 1. The Kier molecular flexibility index (Phi) is 4.23. The molecule has 0 bridgehead atoms. The second-order valence-corrected chi connectivity index (χ2v) is 6.95. The van der Waals surface area contributed by atoms with Crippen molar-refractivity contribution in [2.75, 3.05) is 11.6 Å². The predicted molar refractivity (Wildman–Crippen MR) is 74.6 cm³/mol. The van der Waals surface area contributed by atoms with Crippen molar-refractivity contribution in [3.8, 4) is 0 Å². The van der Waals surface area contributed by atoms with E-state index in [-0.39, 0.29) is 28.8 Å². The second kappa shape index (κ2) is 5.75. The van der Waals surface area contributed by atoms with Crippen LogP contribution in [0.15, 0.2) is 35.2 Å². The average molecular weight is 297 g/mol. The normalized spacial score (nSPS) is 18.2. The fourth-order valence-corrected chi connectivity index (χ4v) is 2.78. The first-order valence-corrected chi connectivity index (χ1v) is 8.21. The molecule has 1 aromatic carbocycles. The molecule has 1 aliphatic rings. The summed E-state index contributed by atoms with van der Waals surface area (Å²) < 4.78 is 36.4. The highest BCUT2D eigenvalue weighted by molar-refractivity contribution is 7.90. The molecule has 108 valence electrons. The topological polar surface area (TPSA) is 63.2 Å². The number of sulfone groups is 1. The Morgan fingerprint density at radius 3 is 2.80 bits per heavy atom. The van der Waals surface area contributed by atoms with Crippen LogP contribution in [-0.2, 0) is 14.6 Å². The van der Waals surface area contributed by atoms with E-state index >= 15 is 0 Å². The highest BCUT2D eigenvalue weighted by Crippen LogP contribution is 2.23. The van der Waals surface area contributed by atoms with E-state index in [0.29, 0.717) is 0 Å². The van der Waals surface area contributed by atoms with Crippen LogP contribution in [-0.4, -0.2) is 20.6 Å². The van der Waals surface area contributed by atoms with Gasteiger partial charge in [-0.05, 0) is 37.0 Å². The summed E-state index contributed by atoms with van der Waals surface area (Å²) in [5.74, 6) is -0.782. The van der Waals surface area contributed by atoms with Gasteiger partial charge in [-0.3, -0.25) is 4.79 Å². The molecule has 0 spiro atoms. The Hall–Kier alpha value is -1.69.